The summed E-state index contributed by atoms with van der Waals surface area (Å²) in [4.78, 5) is 10.8. The molecule has 1 aliphatic heterocycles. The van der Waals surface area contributed by atoms with Crippen molar-refractivity contribution in [3.05, 3.63) is 36.7 Å². The molecule has 1 aromatic heterocycles. The molecule has 0 atom stereocenters. The second-order valence-electron chi connectivity index (χ2n) is 5.63. The highest BCUT2D eigenvalue weighted by molar-refractivity contribution is 5.48. The molecule has 1 aromatic carbocycles. The first-order chi connectivity index (χ1) is 12.9. The number of anilines is 1. The van der Waals surface area contributed by atoms with Crippen LogP contribution in [0.2, 0.25) is 0 Å². The summed E-state index contributed by atoms with van der Waals surface area (Å²) in [6.45, 7) is 3.78. The number of aromatic nitrogens is 2. The first kappa shape index (κ1) is 18.2. The van der Waals surface area contributed by atoms with Crippen molar-refractivity contribution in [1.82, 2.24) is 15.3 Å². The Balaban J connectivity index is 1.49. The number of benzene rings is 1. The Kier molecular flexibility index (Phi) is 6.83. The van der Waals surface area contributed by atoms with Crippen molar-refractivity contribution >= 4 is 5.82 Å². The molecule has 1 N–H and O–H groups in total. The minimum Gasteiger partial charge on any atom is -0.491 e. The van der Waals surface area contributed by atoms with Gasteiger partial charge in [-0.3, -0.25) is 0 Å². The molecule has 2 heterocycles. The van der Waals surface area contributed by atoms with E-state index in [1.165, 1.54) is 0 Å². The van der Waals surface area contributed by atoms with Crippen LogP contribution in [0.5, 0.6) is 17.4 Å². The van der Waals surface area contributed by atoms with E-state index in [0.29, 0.717) is 30.6 Å². The van der Waals surface area contributed by atoms with Gasteiger partial charge in [0.15, 0.2) is 5.82 Å². The van der Waals surface area contributed by atoms with E-state index in [9.17, 15) is 4.39 Å². The third kappa shape index (κ3) is 5.19. The summed E-state index contributed by atoms with van der Waals surface area (Å²) in [6, 6.07) is 7.11. The van der Waals surface area contributed by atoms with Gasteiger partial charge in [0, 0.05) is 44.6 Å². The standard InChI is InChI=1S/C18H23FN4O3/c19-4-11-24-15-2-1-3-16(14-15)25-12-13-26-18-17(21-5-6-22-18)23-9-7-20-8-10-23/h1-3,5-6,14,20H,4,7-13H2. The van der Waals surface area contributed by atoms with E-state index in [1.54, 1.807) is 30.6 Å². The molecule has 0 saturated carbocycles. The number of hydrogen-bond acceptors (Lipinski definition) is 7. The molecule has 26 heavy (non-hydrogen) atoms. The van der Waals surface area contributed by atoms with Crippen molar-refractivity contribution in [3.63, 3.8) is 0 Å². The molecule has 7 nitrogen and oxygen atoms in total. The molecule has 0 bridgehead atoms. The van der Waals surface area contributed by atoms with Crippen LogP contribution in [0.1, 0.15) is 0 Å². The number of rotatable bonds is 9. The molecule has 1 fully saturated rings. The van der Waals surface area contributed by atoms with Gasteiger partial charge in [-0.05, 0) is 12.1 Å². The van der Waals surface area contributed by atoms with Crippen molar-refractivity contribution in [2.75, 3.05) is 57.6 Å². The Morgan fingerprint density at radius 1 is 0.962 bits per heavy atom. The van der Waals surface area contributed by atoms with Gasteiger partial charge in [0.05, 0.1) is 0 Å². The maximum absolute atomic E-state index is 12.2. The molecular weight excluding hydrogens is 339 g/mol. The zero-order valence-electron chi connectivity index (χ0n) is 14.6. The van der Waals surface area contributed by atoms with Crippen molar-refractivity contribution in [2.24, 2.45) is 0 Å². The van der Waals surface area contributed by atoms with E-state index in [2.05, 4.69) is 20.2 Å². The first-order valence-corrected chi connectivity index (χ1v) is 8.68. The van der Waals surface area contributed by atoms with Gasteiger partial charge in [0.25, 0.3) is 5.88 Å². The average molecular weight is 362 g/mol. The summed E-state index contributed by atoms with van der Waals surface area (Å²) in [5.74, 6) is 2.50. The first-order valence-electron chi connectivity index (χ1n) is 8.68. The summed E-state index contributed by atoms with van der Waals surface area (Å²) in [6.07, 6.45) is 3.29. The Hall–Kier alpha value is -2.61. The SMILES string of the molecule is FCCOc1cccc(OCCOc2nccnc2N2CCNCC2)c1. The van der Waals surface area contributed by atoms with E-state index in [0.717, 1.165) is 32.0 Å². The Morgan fingerprint density at radius 2 is 1.65 bits per heavy atom. The summed E-state index contributed by atoms with van der Waals surface area (Å²) in [5, 5.41) is 3.31. The molecule has 1 saturated heterocycles. The second kappa shape index (κ2) is 9.76. The predicted molar refractivity (Wildman–Crippen MR) is 96.0 cm³/mol. The molecule has 3 rings (SSSR count). The van der Waals surface area contributed by atoms with Gasteiger partial charge in [0.2, 0.25) is 0 Å². The van der Waals surface area contributed by atoms with Crippen LogP contribution in [-0.2, 0) is 0 Å². The normalized spacial score (nSPS) is 14.1. The summed E-state index contributed by atoms with van der Waals surface area (Å²) >= 11 is 0. The van der Waals surface area contributed by atoms with Crippen LogP contribution in [0.15, 0.2) is 36.7 Å². The molecule has 0 aliphatic carbocycles. The maximum atomic E-state index is 12.2. The molecule has 0 radical (unpaired) electrons. The smallest absolute Gasteiger partial charge is 0.257 e. The maximum Gasteiger partial charge on any atom is 0.257 e. The van der Waals surface area contributed by atoms with Gasteiger partial charge >= 0.3 is 0 Å². The van der Waals surface area contributed by atoms with E-state index in [4.69, 9.17) is 14.2 Å². The minimum atomic E-state index is -0.521. The summed E-state index contributed by atoms with van der Waals surface area (Å²) < 4.78 is 28.8. The third-order valence-corrected chi connectivity index (χ3v) is 3.81. The van der Waals surface area contributed by atoms with Gasteiger partial charge in [-0.2, -0.15) is 0 Å². The topological polar surface area (TPSA) is 68.7 Å². The van der Waals surface area contributed by atoms with E-state index < -0.39 is 6.67 Å². The lowest BCUT2D eigenvalue weighted by Crippen LogP contribution is -2.44. The van der Waals surface area contributed by atoms with Gasteiger partial charge in [0.1, 0.15) is 38.0 Å². The number of halogens is 1. The van der Waals surface area contributed by atoms with E-state index >= 15 is 0 Å². The van der Waals surface area contributed by atoms with Crippen molar-refractivity contribution < 1.29 is 18.6 Å². The van der Waals surface area contributed by atoms with Crippen LogP contribution in [0.25, 0.3) is 0 Å². The Morgan fingerprint density at radius 3 is 2.42 bits per heavy atom. The lowest BCUT2D eigenvalue weighted by Gasteiger charge is -2.28. The zero-order valence-corrected chi connectivity index (χ0v) is 14.6. The van der Waals surface area contributed by atoms with Crippen molar-refractivity contribution in [1.29, 1.82) is 0 Å². The molecule has 1 aliphatic rings. The fraction of sp³-hybridized carbons (Fsp3) is 0.444. The monoisotopic (exact) mass is 362 g/mol. The quantitative estimate of drug-likeness (QED) is 0.681. The summed E-state index contributed by atoms with van der Waals surface area (Å²) in [7, 11) is 0. The number of alkyl halides is 1. The molecule has 0 amide bonds. The molecule has 0 unspecified atom stereocenters. The second-order valence-corrected chi connectivity index (χ2v) is 5.63. The Bertz CT molecular complexity index is 683. The van der Waals surface area contributed by atoms with E-state index in [-0.39, 0.29) is 6.61 Å². The highest BCUT2D eigenvalue weighted by atomic mass is 19.1. The van der Waals surface area contributed by atoms with Gasteiger partial charge in [-0.25, -0.2) is 14.4 Å². The van der Waals surface area contributed by atoms with Gasteiger partial charge in [-0.15, -0.1) is 0 Å². The number of ether oxygens (including phenoxy) is 3. The molecular formula is C18H23FN4O3. The molecule has 8 heteroatoms. The highest BCUT2D eigenvalue weighted by Gasteiger charge is 2.17. The van der Waals surface area contributed by atoms with Crippen LogP contribution in [0.3, 0.4) is 0 Å². The number of nitrogens with zero attached hydrogens (tertiary/aromatic N) is 3. The fourth-order valence-corrected chi connectivity index (χ4v) is 2.62. The van der Waals surface area contributed by atoms with Crippen molar-refractivity contribution in [2.45, 2.75) is 0 Å². The third-order valence-electron chi connectivity index (χ3n) is 3.81. The average Bonchev–Trinajstić information content (AvgIpc) is 2.71. The molecule has 0 spiro atoms. The van der Waals surface area contributed by atoms with Crippen LogP contribution < -0.4 is 24.4 Å². The molecule has 2 aromatic rings. The van der Waals surface area contributed by atoms with Crippen LogP contribution in [0.4, 0.5) is 10.2 Å². The summed E-state index contributed by atoms with van der Waals surface area (Å²) in [5.41, 5.74) is 0. The van der Waals surface area contributed by atoms with Crippen molar-refractivity contribution in [3.8, 4) is 17.4 Å². The number of nitrogens with one attached hydrogen (secondary N) is 1. The van der Waals surface area contributed by atoms with Gasteiger partial charge in [-0.1, -0.05) is 6.07 Å². The Labute approximate surface area is 152 Å². The number of piperazine rings is 1. The van der Waals surface area contributed by atoms with Crippen LogP contribution in [-0.4, -0.2) is 62.6 Å². The fourth-order valence-electron chi connectivity index (χ4n) is 2.62. The zero-order chi connectivity index (χ0) is 18.0. The lowest BCUT2D eigenvalue weighted by molar-refractivity contribution is 0.210. The highest BCUT2D eigenvalue weighted by Crippen LogP contribution is 2.23. The predicted octanol–water partition coefficient (Wildman–Crippen LogP) is 1.69. The minimum absolute atomic E-state index is 0.0358. The van der Waals surface area contributed by atoms with Crippen LogP contribution in [0, 0.1) is 0 Å². The largest absolute Gasteiger partial charge is 0.491 e. The lowest BCUT2D eigenvalue weighted by atomic mass is 10.3. The number of hydrogen-bond donors (Lipinski definition) is 1. The van der Waals surface area contributed by atoms with Gasteiger partial charge < -0.3 is 24.4 Å². The van der Waals surface area contributed by atoms with Crippen LogP contribution >= 0.6 is 0 Å². The molecule has 140 valence electrons. The van der Waals surface area contributed by atoms with E-state index in [1.807, 2.05) is 6.07 Å².